The number of fused-ring (bicyclic) bond motifs is 1. The maximum absolute atomic E-state index is 13.4. The Labute approximate surface area is 179 Å². The minimum atomic E-state index is -0.462. The molecule has 0 unspecified atom stereocenters. The van der Waals surface area contributed by atoms with Crippen LogP contribution in [0, 0.1) is 6.92 Å². The Morgan fingerprint density at radius 1 is 0.900 bits per heavy atom. The summed E-state index contributed by atoms with van der Waals surface area (Å²) in [5, 5.41) is 4.14. The molecule has 0 radical (unpaired) electrons. The largest absolute Gasteiger partial charge is 0.457 e. The first-order chi connectivity index (χ1) is 14.6. The average molecular weight is 415 g/mol. The van der Waals surface area contributed by atoms with Gasteiger partial charge in [0.1, 0.15) is 11.5 Å². The number of nitrogens with one attached hydrogen (secondary N) is 1. The van der Waals surface area contributed by atoms with E-state index in [9.17, 15) is 4.79 Å². The number of anilines is 2. The van der Waals surface area contributed by atoms with Crippen molar-refractivity contribution in [3.8, 4) is 11.3 Å². The first kappa shape index (κ1) is 18.5. The first-order valence-electron chi connectivity index (χ1n) is 9.71. The molecule has 0 fully saturated rings. The Balaban J connectivity index is 1.58. The number of carbonyl (C=O) groups is 1. The van der Waals surface area contributed by atoms with Crippen LogP contribution in [0.4, 0.5) is 11.4 Å². The molecule has 0 bridgehead atoms. The maximum atomic E-state index is 13.4. The van der Waals surface area contributed by atoms with Crippen LogP contribution in [-0.4, -0.2) is 5.91 Å². The molecule has 0 saturated heterocycles. The molecule has 1 amide bonds. The molecule has 0 saturated carbocycles. The van der Waals surface area contributed by atoms with Crippen LogP contribution in [0.5, 0.6) is 0 Å². The van der Waals surface area contributed by atoms with Crippen LogP contribution in [0.3, 0.4) is 0 Å². The number of benzene rings is 3. The van der Waals surface area contributed by atoms with Crippen molar-refractivity contribution in [3.05, 3.63) is 107 Å². The van der Waals surface area contributed by atoms with Crippen molar-refractivity contribution >= 4 is 28.9 Å². The van der Waals surface area contributed by atoms with E-state index >= 15 is 0 Å². The summed E-state index contributed by atoms with van der Waals surface area (Å²) in [6.45, 7) is 2.03. The summed E-state index contributed by atoms with van der Waals surface area (Å²) in [6.07, 6.45) is -0.462. The number of para-hydroxylation sites is 1. The quantitative estimate of drug-likeness (QED) is 0.406. The van der Waals surface area contributed by atoms with E-state index in [4.69, 9.17) is 16.0 Å². The van der Waals surface area contributed by atoms with Crippen LogP contribution in [0.1, 0.15) is 27.8 Å². The van der Waals surface area contributed by atoms with Gasteiger partial charge >= 0.3 is 0 Å². The minimum absolute atomic E-state index is 0.0670. The predicted molar refractivity (Wildman–Crippen MR) is 120 cm³/mol. The second kappa shape index (κ2) is 7.39. The zero-order valence-electron chi connectivity index (χ0n) is 16.3. The summed E-state index contributed by atoms with van der Waals surface area (Å²) >= 11 is 6.00. The highest BCUT2D eigenvalue weighted by atomic mass is 35.5. The van der Waals surface area contributed by atoms with E-state index in [0.717, 1.165) is 28.3 Å². The molecule has 1 aliphatic heterocycles. The van der Waals surface area contributed by atoms with Gasteiger partial charge < -0.3 is 9.73 Å². The Morgan fingerprint density at radius 2 is 1.63 bits per heavy atom. The smallest absolute Gasteiger partial charge is 0.262 e. The molecular weight excluding hydrogens is 396 g/mol. The Morgan fingerprint density at radius 3 is 2.40 bits per heavy atom. The van der Waals surface area contributed by atoms with Crippen LogP contribution >= 0.6 is 11.6 Å². The second-order valence-electron chi connectivity index (χ2n) is 7.31. The van der Waals surface area contributed by atoms with Gasteiger partial charge in [-0.05, 0) is 67.6 Å². The van der Waals surface area contributed by atoms with E-state index in [-0.39, 0.29) is 5.91 Å². The van der Waals surface area contributed by atoms with Gasteiger partial charge in [-0.1, -0.05) is 41.4 Å². The third kappa shape index (κ3) is 3.25. The number of halogens is 1. The van der Waals surface area contributed by atoms with Crippen LogP contribution in [0.25, 0.3) is 11.3 Å². The zero-order chi connectivity index (χ0) is 20.7. The molecule has 5 heteroatoms. The highest BCUT2D eigenvalue weighted by molar-refractivity contribution is 6.30. The van der Waals surface area contributed by atoms with Gasteiger partial charge in [-0.3, -0.25) is 9.69 Å². The van der Waals surface area contributed by atoms with E-state index in [2.05, 4.69) is 5.32 Å². The number of hydrogen-bond acceptors (Lipinski definition) is 3. The topological polar surface area (TPSA) is 45.5 Å². The Bertz CT molecular complexity index is 1210. The van der Waals surface area contributed by atoms with E-state index in [1.165, 1.54) is 0 Å². The van der Waals surface area contributed by atoms with Crippen molar-refractivity contribution in [1.29, 1.82) is 0 Å². The number of amides is 1. The van der Waals surface area contributed by atoms with E-state index in [1.807, 2.05) is 91.9 Å². The maximum Gasteiger partial charge on any atom is 0.262 e. The molecule has 1 atom stereocenters. The molecule has 2 heterocycles. The predicted octanol–water partition coefficient (Wildman–Crippen LogP) is 6.68. The molecule has 5 rings (SSSR count). The summed E-state index contributed by atoms with van der Waals surface area (Å²) in [6, 6.07) is 26.8. The molecule has 30 heavy (non-hydrogen) atoms. The Hall–Kier alpha value is -3.50. The van der Waals surface area contributed by atoms with Crippen LogP contribution in [-0.2, 0) is 0 Å². The average Bonchev–Trinajstić information content (AvgIpc) is 3.25. The van der Waals surface area contributed by atoms with Crippen molar-refractivity contribution in [3.63, 3.8) is 0 Å². The monoisotopic (exact) mass is 414 g/mol. The molecular formula is C25H19ClN2O2. The lowest BCUT2D eigenvalue weighted by Crippen LogP contribution is -2.43. The van der Waals surface area contributed by atoms with Crippen molar-refractivity contribution < 1.29 is 9.21 Å². The molecule has 148 valence electrons. The van der Waals surface area contributed by atoms with E-state index in [1.54, 1.807) is 4.90 Å². The van der Waals surface area contributed by atoms with E-state index < -0.39 is 6.17 Å². The fraction of sp³-hybridized carbons (Fsp3) is 0.0800. The fourth-order valence-electron chi connectivity index (χ4n) is 3.69. The van der Waals surface area contributed by atoms with Crippen LogP contribution in [0.2, 0.25) is 5.02 Å². The fourth-order valence-corrected chi connectivity index (χ4v) is 3.82. The van der Waals surface area contributed by atoms with Crippen molar-refractivity contribution in [2.24, 2.45) is 0 Å². The zero-order valence-corrected chi connectivity index (χ0v) is 17.1. The number of nitrogens with zero attached hydrogens (tertiary/aromatic N) is 1. The molecule has 1 aliphatic rings. The summed E-state index contributed by atoms with van der Waals surface area (Å²) < 4.78 is 6.19. The first-order valence-corrected chi connectivity index (χ1v) is 10.1. The molecule has 4 aromatic rings. The van der Waals surface area contributed by atoms with E-state index in [0.29, 0.717) is 16.3 Å². The summed E-state index contributed by atoms with van der Waals surface area (Å²) in [7, 11) is 0. The highest BCUT2D eigenvalue weighted by Crippen LogP contribution is 2.38. The SMILES string of the molecule is Cc1ccc(N2C(=O)c3ccccc3N[C@@H]2c2ccc(-c3ccc(Cl)cc3)o2)cc1. The third-order valence-corrected chi connectivity index (χ3v) is 5.52. The van der Waals surface area contributed by atoms with Gasteiger partial charge in [-0.15, -0.1) is 0 Å². The van der Waals surface area contributed by atoms with Gasteiger partial charge in [0.05, 0.1) is 5.56 Å². The molecule has 3 aromatic carbocycles. The number of carbonyl (C=O) groups excluding carboxylic acids is 1. The third-order valence-electron chi connectivity index (χ3n) is 5.26. The van der Waals surface area contributed by atoms with Crippen molar-refractivity contribution in [2.75, 3.05) is 10.2 Å². The summed E-state index contributed by atoms with van der Waals surface area (Å²) in [5.41, 5.74) is 4.30. The minimum Gasteiger partial charge on any atom is -0.457 e. The van der Waals surface area contributed by atoms with Gasteiger partial charge in [0.15, 0.2) is 6.17 Å². The standard InChI is InChI=1S/C25H19ClN2O2/c1-16-6-12-19(13-7-16)28-24(27-21-5-3-2-4-20(21)25(28)29)23-15-14-22(30-23)17-8-10-18(26)11-9-17/h2-15,24,27H,1H3/t24-/m0/s1. The summed E-state index contributed by atoms with van der Waals surface area (Å²) in [4.78, 5) is 15.2. The number of hydrogen-bond donors (Lipinski definition) is 1. The lowest BCUT2D eigenvalue weighted by atomic mass is 10.1. The molecule has 1 N–H and O–H groups in total. The number of rotatable bonds is 3. The lowest BCUT2D eigenvalue weighted by Gasteiger charge is -2.36. The van der Waals surface area contributed by atoms with Gasteiger partial charge in [0.2, 0.25) is 0 Å². The molecule has 0 aliphatic carbocycles. The van der Waals surface area contributed by atoms with Crippen LogP contribution in [0.15, 0.2) is 89.3 Å². The van der Waals surface area contributed by atoms with Gasteiger partial charge in [-0.25, -0.2) is 0 Å². The van der Waals surface area contributed by atoms with Crippen LogP contribution < -0.4 is 10.2 Å². The Kier molecular flexibility index (Phi) is 4.57. The summed E-state index contributed by atoms with van der Waals surface area (Å²) in [5.74, 6) is 1.31. The number of aryl methyl sites for hydroxylation is 1. The molecule has 0 spiro atoms. The van der Waals surface area contributed by atoms with Crippen molar-refractivity contribution in [2.45, 2.75) is 13.1 Å². The molecule has 4 nitrogen and oxygen atoms in total. The van der Waals surface area contributed by atoms with Gasteiger partial charge in [0.25, 0.3) is 5.91 Å². The lowest BCUT2D eigenvalue weighted by molar-refractivity contribution is 0.0972. The van der Waals surface area contributed by atoms with Gasteiger partial charge in [-0.2, -0.15) is 0 Å². The number of furan rings is 1. The highest BCUT2D eigenvalue weighted by Gasteiger charge is 2.35. The molecule has 1 aromatic heterocycles. The second-order valence-corrected chi connectivity index (χ2v) is 7.75. The van der Waals surface area contributed by atoms with Gasteiger partial charge in [0, 0.05) is 22.0 Å². The van der Waals surface area contributed by atoms with Crippen molar-refractivity contribution in [1.82, 2.24) is 0 Å². The normalized spacial score (nSPS) is 15.6.